The van der Waals surface area contributed by atoms with Crippen LogP contribution in [0, 0.1) is 0 Å². The summed E-state index contributed by atoms with van der Waals surface area (Å²) in [5.41, 5.74) is 1.24. The number of rotatable bonds is 7. The SMILES string of the molecule is CCOC(C)C(NC)c1ccc(OC2CC2)cc1. The molecule has 0 bridgehead atoms. The monoisotopic (exact) mass is 249 g/mol. The maximum absolute atomic E-state index is 5.75. The molecule has 18 heavy (non-hydrogen) atoms. The van der Waals surface area contributed by atoms with E-state index < -0.39 is 0 Å². The number of hydrogen-bond donors (Lipinski definition) is 1. The Morgan fingerprint density at radius 3 is 2.44 bits per heavy atom. The van der Waals surface area contributed by atoms with Crippen molar-refractivity contribution in [2.24, 2.45) is 0 Å². The van der Waals surface area contributed by atoms with E-state index in [1.54, 1.807) is 0 Å². The first-order chi connectivity index (χ1) is 8.74. The molecule has 1 aliphatic carbocycles. The Hall–Kier alpha value is -1.06. The van der Waals surface area contributed by atoms with Crippen LogP contribution in [0.25, 0.3) is 0 Å². The quantitative estimate of drug-likeness (QED) is 0.806. The highest BCUT2D eigenvalue weighted by Gasteiger charge is 2.23. The molecule has 1 fully saturated rings. The molecule has 1 N–H and O–H groups in total. The Morgan fingerprint density at radius 1 is 1.28 bits per heavy atom. The van der Waals surface area contributed by atoms with Crippen molar-refractivity contribution in [1.29, 1.82) is 0 Å². The van der Waals surface area contributed by atoms with E-state index in [2.05, 4.69) is 36.5 Å². The van der Waals surface area contributed by atoms with Crippen LogP contribution < -0.4 is 10.1 Å². The van der Waals surface area contributed by atoms with Crippen molar-refractivity contribution in [3.8, 4) is 5.75 Å². The lowest BCUT2D eigenvalue weighted by molar-refractivity contribution is 0.0493. The molecular weight excluding hydrogens is 226 g/mol. The van der Waals surface area contributed by atoms with Gasteiger partial charge in [-0.05, 0) is 51.4 Å². The molecule has 2 rings (SSSR count). The molecule has 1 saturated carbocycles. The Morgan fingerprint density at radius 2 is 1.94 bits per heavy atom. The largest absolute Gasteiger partial charge is 0.490 e. The normalized spacial score (nSPS) is 18.4. The van der Waals surface area contributed by atoms with E-state index in [9.17, 15) is 0 Å². The third-order valence-corrected chi connectivity index (χ3v) is 3.28. The second kappa shape index (κ2) is 6.21. The molecule has 100 valence electrons. The highest BCUT2D eigenvalue weighted by Crippen LogP contribution is 2.28. The Labute approximate surface area is 109 Å². The average Bonchev–Trinajstić information content (AvgIpc) is 3.16. The molecule has 2 unspecified atom stereocenters. The van der Waals surface area contributed by atoms with Crippen LogP contribution in [0.3, 0.4) is 0 Å². The minimum atomic E-state index is 0.162. The van der Waals surface area contributed by atoms with Crippen LogP contribution in [0.5, 0.6) is 5.75 Å². The van der Waals surface area contributed by atoms with Crippen molar-refractivity contribution in [1.82, 2.24) is 5.32 Å². The third kappa shape index (κ3) is 3.47. The molecule has 1 aromatic carbocycles. The molecule has 0 radical (unpaired) electrons. The highest BCUT2D eigenvalue weighted by atomic mass is 16.5. The summed E-state index contributed by atoms with van der Waals surface area (Å²) < 4.78 is 11.4. The van der Waals surface area contributed by atoms with Gasteiger partial charge in [-0.2, -0.15) is 0 Å². The van der Waals surface area contributed by atoms with E-state index in [1.165, 1.54) is 18.4 Å². The summed E-state index contributed by atoms with van der Waals surface area (Å²) >= 11 is 0. The van der Waals surface area contributed by atoms with Gasteiger partial charge in [0, 0.05) is 6.61 Å². The van der Waals surface area contributed by atoms with Crippen molar-refractivity contribution in [3.63, 3.8) is 0 Å². The molecule has 2 atom stereocenters. The van der Waals surface area contributed by atoms with Crippen LogP contribution in [0.2, 0.25) is 0 Å². The van der Waals surface area contributed by atoms with Crippen LogP contribution >= 0.6 is 0 Å². The number of ether oxygens (including phenoxy) is 2. The summed E-state index contributed by atoms with van der Waals surface area (Å²) in [4.78, 5) is 0. The van der Waals surface area contributed by atoms with Crippen molar-refractivity contribution in [2.75, 3.05) is 13.7 Å². The number of hydrogen-bond acceptors (Lipinski definition) is 3. The number of benzene rings is 1. The molecule has 3 heteroatoms. The van der Waals surface area contributed by atoms with Gasteiger partial charge in [-0.1, -0.05) is 12.1 Å². The zero-order valence-corrected chi connectivity index (χ0v) is 11.5. The van der Waals surface area contributed by atoms with E-state index in [0.29, 0.717) is 6.10 Å². The Bertz CT molecular complexity index is 359. The third-order valence-electron chi connectivity index (χ3n) is 3.28. The molecule has 1 aliphatic rings. The van der Waals surface area contributed by atoms with Crippen molar-refractivity contribution < 1.29 is 9.47 Å². The summed E-state index contributed by atoms with van der Waals surface area (Å²) in [6, 6.07) is 8.57. The van der Waals surface area contributed by atoms with Gasteiger partial charge in [0.15, 0.2) is 0 Å². The molecule has 1 aromatic rings. The molecular formula is C15H23NO2. The van der Waals surface area contributed by atoms with Gasteiger partial charge < -0.3 is 14.8 Å². The van der Waals surface area contributed by atoms with Crippen LogP contribution in [-0.2, 0) is 4.74 Å². The lowest BCUT2D eigenvalue weighted by Crippen LogP contribution is -2.29. The van der Waals surface area contributed by atoms with E-state index in [1.807, 2.05) is 14.0 Å². The van der Waals surface area contributed by atoms with E-state index >= 15 is 0 Å². The minimum absolute atomic E-state index is 0.162. The molecule has 0 spiro atoms. The zero-order valence-electron chi connectivity index (χ0n) is 11.5. The van der Waals surface area contributed by atoms with Gasteiger partial charge in [0.1, 0.15) is 5.75 Å². The van der Waals surface area contributed by atoms with E-state index in [-0.39, 0.29) is 12.1 Å². The standard InChI is InChI=1S/C15H23NO2/c1-4-17-11(2)15(16-3)12-5-7-13(8-6-12)18-14-9-10-14/h5-8,11,14-16H,4,9-10H2,1-3H3. The van der Waals surface area contributed by atoms with Gasteiger partial charge in [0.2, 0.25) is 0 Å². The molecule has 0 amide bonds. The average molecular weight is 249 g/mol. The molecule has 0 heterocycles. The summed E-state index contributed by atoms with van der Waals surface area (Å²) in [6.07, 6.45) is 3.01. The maximum Gasteiger partial charge on any atom is 0.119 e. The Kier molecular flexibility index (Phi) is 4.61. The van der Waals surface area contributed by atoms with Crippen molar-refractivity contribution >= 4 is 0 Å². The van der Waals surface area contributed by atoms with E-state index in [4.69, 9.17) is 9.47 Å². The summed E-state index contributed by atoms with van der Waals surface area (Å²) in [7, 11) is 1.97. The molecule has 3 nitrogen and oxygen atoms in total. The van der Waals surface area contributed by atoms with Crippen molar-refractivity contribution in [2.45, 2.75) is 44.9 Å². The fourth-order valence-electron chi connectivity index (χ4n) is 2.16. The zero-order chi connectivity index (χ0) is 13.0. The van der Waals surface area contributed by atoms with Gasteiger partial charge in [-0.3, -0.25) is 0 Å². The topological polar surface area (TPSA) is 30.5 Å². The Balaban J connectivity index is 2.00. The summed E-state index contributed by atoms with van der Waals surface area (Å²) in [5.74, 6) is 0.972. The van der Waals surface area contributed by atoms with Crippen molar-refractivity contribution in [3.05, 3.63) is 29.8 Å². The van der Waals surface area contributed by atoms with Crippen LogP contribution in [-0.4, -0.2) is 25.9 Å². The smallest absolute Gasteiger partial charge is 0.119 e. The van der Waals surface area contributed by atoms with Crippen LogP contribution in [0.1, 0.15) is 38.3 Å². The fraction of sp³-hybridized carbons (Fsp3) is 0.600. The number of likely N-dealkylation sites (N-methyl/N-ethyl adjacent to an activating group) is 1. The van der Waals surface area contributed by atoms with Crippen LogP contribution in [0.4, 0.5) is 0 Å². The summed E-state index contributed by atoms with van der Waals surface area (Å²) in [6.45, 7) is 4.86. The number of nitrogens with one attached hydrogen (secondary N) is 1. The second-order valence-electron chi connectivity index (χ2n) is 4.81. The molecule has 0 aliphatic heterocycles. The fourth-order valence-corrected chi connectivity index (χ4v) is 2.16. The maximum atomic E-state index is 5.75. The minimum Gasteiger partial charge on any atom is -0.490 e. The van der Waals surface area contributed by atoms with Gasteiger partial charge in [0.05, 0.1) is 18.2 Å². The second-order valence-corrected chi connectivity index (χ2v) is 4.81. The lowest BCUT2D eigenvalue weighted by Gasteiger charge is -2.24. The van der Waals surface area contributed by atoms with Gasteiger partial charge in [0.25, 0.3) is 0 Å². The molecule has 0 saturated heterocycles. The van der Waals surface area contributed by atoms with Crippen LogP contribution in [0.15, 0.2) is 24.3 Å². The van der Waals surface area contributed by atoms with Gasteiger partial charge in [-0.15, -0.1) is 0 Å². The predicted octanol–water partition coefficient (Wildman–Crippen LogP) is 2.91. The first-order valence-corrected chi connectivity index (χ1v) is 6.80. The highest BCUT2D eigenvalue weighted by molar-refractivity contribution is 5.30. The first kappa shape index (κ1) is 13.4. The van der Waals surface area contributed by atoms with Gasteiger partial charge in [-0.25, -0.2) is 0 Å². The lowest BCUT2D eigenvalue weighted by atomic mass is 10.0. The van der Waals surface area contributed by atoms with Gasteiger partial charge >= 0.3 is 0 Å². The van der Waals surface area contributed by atoms with E-state index in [0.717, 1.165) is 12.4 Å². The summed E-state index contributed by atoms with van der Waals surface area (Å²) in [5, 5.41) is 3.31. The predicted molar refractivity (Wildman–Crippen MR) is 73.0 cm³/mol. The first-order valence-electron chi connectivity index (χ1n) is 6.80. The molecule has 0 aromatic heterocycles.